The van der Waals surface area contributed by atoms with Crippen molar-refractivity contribution in [1.29, 1.82) is 0 Å². The maximum Gasteiger partial charge on any atom is 0.163 e. The van der Waals surface area contributed by atoms with E-state index in [1.807, 2.05) is 0 Å². The summed E-state index contributed by atoms with van der Waals surface area (Å²) in [5.41, 5.74) is 0.267. The molecule has 1 aromatic carbocycles. The average molecular weight is 243 g/mol. The molecule has 1 saturated heterocycles. The predicted octanol–water partition coefficient (Wildman–Crippen LogP) is 1.64. The van der Waals surface area contributed by atoms with Crippen molar-refractivity contribution in [2.75, 3.05) is 26.9 Å². The van der Waals surface area contributed by atoms with Gasteiger partial charge in [0.25, 0.3) is 0 Å². The molecule has 1 aliphatic heterocycles. The van der Waals surface area contributed by atoms with Crippen LogP contribution in [0.3, 0.4) is 0 Å². The van der Waals surface area contributed by atoms with Crippen molar-refractivity contribution < 1.29 is 18.3 Å². The molecule has 1 aromatic rings. The van der Waals surface area contributed by atoms with E-state index >= 15 is 0 Å². The van der Waals surface area contributed by atoms with Gasteiger partial charge in [0.1, 0.15) is 6.10 Å². The molecule has 0 radical (unpaired) electrons. The Kier molecular flexibility index (Phi) is 4.04. The van der Waals surface area contributed by atoms with Crippen molar-refractivity contribution in [3.05, 3.63) is 35.4 Å². The maximum atomic E-state index is 13.7. The second-order valence-electron chi connectivity index (χ2n) is 3.89. The summed E-state index contributed by atoms with van der Waals surface area (Å²) in [5.74, 6) is -1.68. The van der Waals surface area contributed by atoms with Gasteiger partial charge in [-0.2, -0.15) is 0 Å². The average Bonchev–Trinajstić information content (AvgIpc) is 2.37. The summed E-state index contributed by atoms with van der Waals surface area (Å²) in [6, 6.07) is 3.73. The first-order valence-electron chi connectivity index (χ1n) is 5.54. The van der Waals surface area contributed by atoms with Crippen LogP contribution in [0.15, 0.2) is 18.2 Å². The summed E-state index contributed by atoms with van der Waals surface area (Å²) in [6.45, 7) is 1.39. The third-order valence-electron chi connectivity index (χ3n) is 2.84. The predicted molar refractivity (Wildman–Crippen MR) is 58.7 cm³/mol. The largest absolute Gasteiger partial charge is 0.376 e. The summed E-state index contributed by atoms with van der Waals surface area (Å²) in [4.78, 5) is 0. The molecule has 3 nitrogen and oxygen atoms in total. The molecule has 94 valence electrons. The van der Waals surface area contributed by atoms with Crippen LogP contribution in [0.5, 0.6) is 0 Å². The number of halogens is 2. The van der Waals surface area contributed by atoms with Gasteiger partial charge in [0.05, 0.1) is 25.9 Å². The number of rotatable bonds is 3. The van der Waals surface area contributed by atoms with Crippen LogP contribution in [0.25, 0.3) is 0 Å². The molecule has 2 atom stereocenters. The van der Waals surface area contributed by atoms with Crippen molar-refractivity contribution in [2.45, 2.75) is 12.1 Å². The molecule has 1 aliphatic rings. The van der Waals surface area contributed by atoms with E-state index in [9.17, 15) is 8.78 Å². The maximum absolute atomic E-state index is 13.7. The Balaban J connectivity index is 2.24. The van der Waals surface area contributed by atoms with E-state index in [0.29, 0.717) is 19.8 Å². The van der Waals surface area contributed by atoms with Gasteiger partial charge in [0, 0.05) is 5.56 Å². The fourth-order valence-corrected chi connectivity index (χ4v) is 2.00. The van der Waals surface area contributed by atoms with Gasteiger partial charge in [-0.3, -0.25) is 0 Å². The summed E-state index contributed by atoms with van der Waals surface area (Å²) < 4.78 is 37.6. The number of likely N-dealkylation sites (N-methyl/N-ethyl adjacent to an activating group) is 1. The number of hydrogen-bond acceptors (Lipinski definition) is 3. The van der Waals surface area contributed by atoms with Crippen LogP contribution in [0.2, 0.25) is 0 Å². The molecule has 0 aliphatic carbocycles. The molecule has 2 rings (SSSR count). The lowest BCUT2D eigenvalue weighted by Crippen LogP contribution is -2.39. The highest BCUT2D eigenvalue weighted by molar-refractivity contribution is 5.23. The van der Waals surface area contributed by atoms with Crippen molar-refractivity contribution in [3.8, 4) is 0 Å². The Morgan fingerprint density at radius 2 is 2.18 bits per heavy atom. The van der Waals surface area contributed by atoms with Crippen LogP contribution in [0, 0.1) is 11.6 Å². The lowest BCUT2D eigenvalue weighted by molar-refractivity contribution is -0.102. The van der Waals surface area contributed by atoms with Gasteiger partial charge in [0.2, 0.25) is 0 Å². The molecule has 0 spiro atoms. The van der Waals surface area contributed by atoms with Crippen molar-refractivity contribution in [1.82, 2.24) is 5.32 Å². The Morgan fingerprint density at radius 3 is 2.82 bits per heavy atom. The number of hydrogen-bond donors (Lipinski definition) is 1. The van der Waals surface area contributed by atoms with Crippen molar-refractivity contribution >= 4 is 0 Å². The van der Waals surface area contributed by atoms with Gasteiger partial charge in [-0.1, -0.05) is 12.1 Å². The minimum atomic E-state index is -0.848. The molecule has 0 saturated carbocycles. The molecule has 1 fully saturated rings. The monoisotopic (exact) mass is 243 g/mol. The molecule has 1 heterocycles. The summed E-state index contributed by atoms with van der Waals surface area (Å²) >= 11 is 0. The van der Waals surface area contributed by atoms with Gasteiger partial charge in [-0.05, 0) is 13.1 Å². The first-order valence-corrected chi connectivity index (χ1v) is 5.54. The number of nitrogens with one attached hydrogen (secondary N) is 1. The van der Waals surface area contributed by atoms with E-state index in [1.54, 1.807) is 13.1 Å². The summed E-state index contributed by atoms with van der Waals surface area (Å²) in [6.07, 6.45) is -0.301. The lowest BCUT2D eigenvalue weighted by Gasteiger charge is -2.30. The van der Waals surface area contributed by atoms with E-state index in [4.69, 9.17) is 9.47 Å². The molecule has 0 amide bonds. The van der Waals surface area contributed by atoms with E-state index in [2.05, 4.69) is 5.32 Å². The first kappa shape index (κ1) is 12.4. The Morgan fingerprint density at radius 1 is 1.35 bits per heavy atom. The van der Waals surface area contributed by atoms with Gasteiger partial charge < -0.3 is 14.8 Å². The second kappa shape index (κ2) is 5.53. The number of benzene rings is 1. The van der Waals surface area contributed by atoms with Crippen molar-refractivity contribution in [3.63, 3.8) is 0 Å². The quantitative estimate of drug-likeness (QED) is 0.875. The van der Waals surface area contributed by atoms with E-state index in [1.165, 1.54) is 6.07 Å². The molecule has 1 N–H and O–H groups in total. The minimum Gasteiger partial charge on any atom is -0.376 e. The van der Waals surface area contributed by atoms with Gasteiger partial charge in [-0.25, -0.2) is 8.78 Å². The highest BCUT2D eigenvalue weighted by Crippen LogP contribution is 2.24. The van der Waals surface area contributed by atoms with Crippen LogP contribution in [-0.2, 0) is 9.47 Å². The van der Waals surface area contributed by atoms with Crippen LogP contribution in [-0.4, -0.2) is 33.0 Å². The highest BCUT2D eigenvalue weighted by atomic mass is 19.2. The molecule has 5 heteroatoms. The number of ether oxygens (including phenoxy) is 2. The smallest absolute Gasteiger partial charge is 0.163 e. The van der Waals surface area contributed by atoms with Crippen LogP contribution < -0.4 is 5.32 Å². The van der Waals surface area contributed by atoms with E-state index in [-0.39, 0.29) is 11.7 Å². The SMILES string of the molecule is CNC(c1cccc(F)c1F)C1COCCO1. The minimum absolute atomic E-state index is 0.267. The molecule has 0 aromatic heterocycles. The van der Waals surface area contributed by atoms with Crippen LogP contribution >= 0.6 is 0 Å². The molecule has 2 unspecified atom stereocenters. The first-order chi connectivity index (χ1) is 8.24. The zero-order chi connectivity index (χ0) is 12.3. The Hall–Kier alpha value is -1.04. The van der Waals surface area contributed by atoms with Gasteiger partial charge in [-0.15, -0.1) is 0 Å². The second-order valence-corrected chi connectivity index (χ2v) is 3.89. The fraction of sp³-hybridized carbons (Fsp3) is 0.500. The summed E-state index contributed by atoms with van der Waals surface area (Å²) in [7, 11) is 1.69. The zero-order valence-corrected chi connectivity index (χ0v) is 9.58. The normalized spacial score (nSPS) is 22.4. The van der Waals surface area contributed by atoms with Crippen LogP contribution in [0.1, 0.15) is 11.6 Å². The van der Waals surface area contributed by atoms with E-state index < -0.39 is 17.7 Å². The van der Waals surface area contributed by atoms with E-state index in [0.717, 1.165) is 6.07 Å². The topological polar surface area (TPSA) is 30.5 Å². The standard InChI is InChI=1S/C12H15F2NO2/c1-15-12(10-7-16-5-6-17-10)8-3-2-4-9(13)11(8)14/h2-4,10,12,15H,5-7H2,1H3. The molecular formula is C12H15F2NO2. The Bertz CT molecular complexity index is 381. The third-order valence-corrected chi connectivity index (χ3v) is 2.84. The van der Waals surface area contributed by atoms with Gasteiger partial charge in [0.15, 0.2) is 11.6 Å². The van der Waals surface area contributed by atoms with Crippen molar-refractivity contribution in [2.24, 2.45) is 0 Å². The molecule has 0 bridgehead atoms. The molecule has 17 heavy (non-hydrogen) atoms. The van der Waals surface area contributed by atoms with Crippen LogP contribution in [0.4, 0.5) is 8.78 Å². The fourth-order valence-electron chi connectivity index (χ4n) is 2.00. The summed E-state index contributed by atoms with van der Waals surface area (Å²) in [5, 5.41) is 2.94. The lowest BCUT2D eigenvalue weighted by atomic mass is 10.0. The zero-order valence-electron chi connectivity index (χ0n) is 9.58. The highest BCUT2D eigenvalue weighted by Gasteiger charge is 2.28. The van der Waals surface area contributed by atoms with Gasteiger partial charge >= 0.3 is 0 Å². The Labute approximate surface area is 98.7 Å². The third kappa shape index (κ3) is 2.62. The molecular weight excluding hydrogens is 228 g/mol.